The highest BCUT2D eigenvalue weighted by molar-refractivity contribution is 6.07. The van der Waals surface area contributed by atoms with Gasteiger partial charge in [-0.1, -0.05) is 121 Å². The first kappa shape index (κ1) is 36.4. The van der Waals surface area contributed by atoms with Gasteiger partial charge in [-0.2, -0.15) is 0 Å². The monoisotopic (exact) mass is 598 g/mol. The van der Waals surface area contributed by atoms with Gasteiger partial charge in [-0.15, -0.1) is 0 Å². The summed E-state index contributed by atoms with van der Waals surface area (Å²) in [6.07, 6.45) is 0. The summed E-state index contributed by atoms with van der Waals surface area (Å²) in [5.41, 5.74) is 10.7. The molecule has 0 bridgehead atoms. The normalized spacial score (nSPS) is 9.44. The van der Waals surface area contributed by atoms with Gasteiger partial charge in [0, 0.05) is 27.4 Å². The van der Waals surface area contributed by atoms with Crippen molar-refractivity contribution in [2.75, 3.05) is 0 Å². The maximum atomic E-state index is 8.00. The first-order valence-corrected chi connectivity index (χ1v) is 13.1. The van der Waals surface area contributed by atoms with Crippen LogP contribution in [-0.4, -0.2) is 0 Å². The van der Waals surface area contributed by atoms with Crippen LogP contribution >= 0.6 is 0 Å². The van der Waals surface area contributed by atoms with Crippen LogP contribution < -0.4 is 0 Å². The second-order valence-electron chi connectivity index (χ2n) is 9.59. The first-order chi connectivity index (χ1) is 20.5. The molecule has 0 aliphatic carbocycles. The quantitative estimate of drug-likeness (QED) is 0.174. The average molecular weight is 599 g/mol. The van der Waals surface area contributed by atoms with Gasteiger partial charge in [0.2, 0.25) is 0 Å². The third-order valence-corrected chi connectivity index (χ3v) is 7.11. The van der Waals surface area contributed by atoms with E-state index in [-0.39, 0.29) is 4.70 Å². The van der Waals surface area contributed by atoms with Crippen LogP contribution in [0.5, 0.6) is 0 Å². The van der Waals surface area contributed by atoms with Crippen LogP contribution in [0.15, 0.2) is 121 Å². The van der Waals surface area contributed by atoms with Gasteiger partial charge in [0.25, 0.3) is 0 Å². The highest BCUT2D eigenvalue weighted by atomic mass is 20.0. The molecule has 7 heteroatoms. The summed E-state index contributed by atoms with van der Waals surface area (Å²) in [6.45, 7) is 8.73. The molecular weight excluding hydrogens is 565 g/mol. The van der Waals surface area contributed by atoms with Crippen LogP contribution in [0.3, 0.4) is 0 Å². The molecule has 0 atom stereocenters. The minimum atomic E-state index is 0. The van der Waals surface area contributed by atoms with Gasteiger partial charge in [-0.3, -0.25) is 4.70 Å². The fourth-order valence-electron chi connectivity index (χ4n) is 5.17. The molecule has 6 aromatic carbocycles. The Balaban J connectivity index is 0.000000383. The largest absolute Gasteiger partial charge is 0.269 e. The molecule has 226 valence electrons. The molecule has 0 unspecified atom stereocenters. The number of benzene rings is 6. The Kier molecular flexibility index (Phi) is 15.8. The van der Waals surface area contributed by atoms with E-state index in [0.29, 0.717) is 0 Å². The van der Waals surface area contributed by atoms with Crippen molar-refractivity contribution in [2.45, 2.75) is 27.7 Å². The lowest BCUT2D eigenvalue weighted by molar-refractivity contribution is 0.108. The molecule has 0 heterocycles. The zero-order valence-electron chi connectivity index (χ0n) is 24.2. The van der Waals surface area contributed by atoms with E-state index in [1.54, 1.807) is 0 Å². The maximum absolute atomic E-state index is 8.00. The van der Waals surface area contributed by atoms with Crippen molar-refractivity contribution in [3.05, 3.63) is 144 Å². The van der Waals surface area contributed by atoms with Gasteiger partial charge in [-0.25, -0.2) is 0 Å². The Bertz CT molecular complexity index is 1570. The lowest BCUT2D eigenvalue weighted by atomic mass is 9.88. The van der Waals surface area contributed by atoms with E-state index in [1.165, 1.54) is 66.1 Å². The molecule has 43 heavy (non-hydrogen) atoms. The van der Waals surface area contributed by atoms with Crippen LogP contribution in [0, 0.1) is 27.7 Å². The van der Waals surface area contributed by atoms with E-state index in [9.17, 15) is 0 Å². The molecule has 0 amide bonds. The molecular formula is C36H33F7. The number of rotatable bonds is 2. The smallest absolute Gasteiger partial charge is 0 e. The molecule has 0 saturated carbocycles. The number of fused-ring (bicyclic) bond motifs is 2. The Morgan fingerprint density at radius 3 is 0.977 bits per heavy atom. The third kappa shape index (κ3) is 8.67. The SMILES string of the molecule is Cc1ccc2ccccc2c1-c1c(C)ccc2ccccc12.Cc1ccccc1-c1ccccc1C.F.FF.FF.FF. The molecule has 0 aromatic heterocycles. The summed E-state index contributed by atoms with van der Waals surface area (Å²) in [5.74, 6) is 0. The second kappa shape index (κ2) is 18.7. The zero-order valence-corrected chi connectivity index (χ0v) is 24.2. The molecule has 6 aromatic rings. The topological polar surface area (TPSA) is 0 Å². The van der Waals surface area contributed by atoms with Crippen LogP contribution in [0.1, 0.15) is 22.3 Å². The fourth-order valence-corrected chi connectivity index (χ4v) is 5.17. The summed E-state index contributed by atoms with van der Waals surface area (Å²) in [6, 6.07) is 43.2. The van der Waals surface area contributed by atoms with Crippen LogP contribution in [0.4, 0.5) is 32.1 Å². The van der Waals surface area contributed by atoms with Crippen molar-refractivity contribution < 1.29 is 32.1 Å². The lowest BCUT2D eigenvalue weighted by Gasteiger charge is -2.16. The maximum Gasteiger partial charge on any atom is 0 e. The standard InChI is InChI=1S/C22H18.C14H14.3F2.FH/c1-15-11-13-17-7-3-5-9-19(17)21(15)22-16(2)12-14-18-8-4-6-10-20(18)22;1-11-7-3-5-9-13(11)14-10-6-4-8-12(14)2;3*1-2;/h3-14H,1-2H3;3-10H,1-2H3;;;;1H. The molecule has 0 N–H and O–H groups in total. The molecule has 0 aliphatic heterocycles. The van der Waals surface area contributed by atoms with Crippen molar-refractivity contribution >= 4 is 21.5 Å². The van der Waals surface area contributed by atoms with E-state index in [2.05, 4.69) is 149 Å². The van der Waals surface area contributed by atoms with Crippen molar-refractivity contribution in [1.29, 1.82) is 0 Å². The molecule has 0 radical (unpaired) electrons. The number of halogens is 7. The van der Waals surface area contributed by atoms with Gasteiger partial charge in [0.05, 0.1) is 0 Å². The average Bonchev–Trinajstić information content (AvgIpc) is 3.05. The summed E-state index contributed by atoms with van der Waals surface area (Å²) < 4.78 is 48.0. The summed E-state index contributed by atoms with van der Waals surface area (Å²) in [4.78, 5) is 0. The van der Waals surface area contributed by atoms with Crippen molar-refractivity contribution in [2.24, 2.45) is 0 Å². The van der Waals surface area contributed by atoms with E-state index < -0.39 is 0 Å². The molecule has 6 rings (SSSR count). The highest BCUT2D eigenvalue weighted by Gasteiger charge is 2.13. The van der Waals surface area contributed by atoms with Crippen molar-refractivity contribution in [3.8, 4) is 22.3 Å². The molecule has 0 fully saturated rings. The van der Waals surface area contributed by atoms with Gasteiger partial charge in [0.1, 0.15) is 0 Å². The third-order valence-electron chi connectivity index (χ3n) is 7.11. The minimum absolute atomic E-state index is 0. The van der Waals surface area contributed by atoms with Crippen LogP contribution in [0.2, 0.25) is 0 Å². The van der Waals surface area contributed by atoms with E-state index >= 15 is 0 Å². The summed E-state index contributed by atoms with van der Waals surface area (Å²) in [5, 5.41) is 5.27. The lowest BCUT2D eigenvalue weighted by Crippen LogP contribution is -1.91. The van der Waals surface area contributed by atoms with Gasteiger partial charge in [0.15, 0.2) is 0 Å². The second-order valence-corrected chi connectivity index (χ2v) is 9.59. The Labute approximate surface area is 247 Å². The highest BCUT2D eigenvalue weighted by Crippen LogP contribution is 2.38. The number of aryl methyl sites for hydroxylation is 4. The van der Waals surface area contributed by atoms with Crippen LogP contribution in [0.25, 0.3) is 43.8 Å². The van der Waals surface area contributed by atoms with Gasteiger partial charge >= 0.3 is 0 Å². The first-order valence-electron chi connectivity index (χ1n) is 13.1. The van der Waals surface area contributed by atoms with Gasteiger partial charge in [-0.05, 0) is 93.7 Å². The molecule has 0 spiro atoms. The fraction of sp³-hybridized carbons (Fsp3) is 0.111. The Morgan fingerprint density at radius 2 is 0.628 bits per heavy atom. The van der Waals surface area contributed by atoms with Crippen molar-refractivity contribution in [3.63, 3.8) is 0 Å². The summed E-state index contributed by atoms with van der Waals surface area (Å²) in [7, 11) is 0. The molecule has 0 nitrogen and oxygen atoms in total. The predicted octanol–water partition coefficient (Wildman–Crippen LogP) is 12.9. The summed E-state index contributed by atoms with van der Waals surface area (Å²) >= 11 is 0. The van der Waals surface area contributed by atoms with E-state index in [0.717, 1.165) is 0 Å². The minimum Gasteiger partial charge on any atom is -0.269 e. The van der Waals surface area contributed by atoms with E-state index in [1.807, 2.05) is 0 Å². The van der Waals surface area contributed by atoms with Gasteiger partial charge < -0.3 is 0 Å². The molecule has 0 aliphatic rings. The number of hydrogen-bond donors (Lipinski definition) is 0. The Morgan fingerprint density at radius 1 is 0.326 bits per heavy atom. The number of hydrogen-bond acceptors (Lipinski definition) is 0. The van der Waals surface area contributed by atoms with Crippen LogP contribution in [-0.2, 0) is 0 Å². The van der Waals surface area contributed by atoms with Crippen molar-refractivity contribution in [1.82, 2.24) is 0 Å². The molecule has 0 saturated heterocycles. The van der Waals surface area contributed by atoms with E-state index in [4.69, 9.17) is 27.4 Å². The Hall–Kier alpha value is -4.65. The predicted molar refractivity (Wildman–Crippen MR) is 167 cm³/mol. The zero-order chi connectivity index (χ0) is 31.1.